The molecule has 1 fully saturated rings. The van der Waals surface area contributed by atoms with Crippen molar-refractivity contribution in [3.63, 3.8) is 0 Å². The summed E-state index contributed by atoms with van der Waals surface area (Å²) in [6.45, 7) is 5.78. The van der Waals surface area contributed by atoms with Gasteiger partial charge >= 0.3 is 0 Å². The fourth-order valence-electron chi connectivity index (χ4n) is 2.79. The molecule has 0 unspecified atom stereocenters. The zero-order valence-corrected chi connectivity index (χ0v) is 13.3. The van der Waals surface area contributed by atoms with Gasteiger partial charge in [0.25, 0.3) is 5.56 Å². The number of Topliss-reactive ketones (excluding diaryl/α,β-unsaturated/α-hetero) is 1. The Morgan fingerprint density at radius 1 is 1.09 bits per heavy atom. The van der Waals surface area contributed by atoms with Gasteiger partial charge in [-0.05, 0) is 48.9 Å². The molecule has 0 N–H and O–H groups in total. The molecule has 0 spiro atoms. The summed E-state index contributed by atoms with van der Waals surface area (Å²) >= 11 is 0. The smallest absolute Gasteiger partial charge is 0.262 e. The highest BCUT2D eigenvalue weighted by Gasteiger charge is 2.28. The summed E-state index contributed by atoms with van der Waals surface area (Å²) < 4.78 is 1.81. The number of aromatic nitrogens is 1. The third kappa shape index (κ3) is 2.63. The summed E-state index contributed by atoms with van der Waals surface area (Å²) in [5.41, 5.74) is 3.36. The average Bonchev–Trinajstić information content (AvgIpc) is 3.31. The van der Waals surface area contributed by atoms with E-state index in [-0.39, 0.29) is 22.9 Å². The number of rotatable bonds is 4. The fraction of sp³-hybridized carbons (Fsp3) is 0.368. The van der Waals surface area contributed by atoms with E-state index in [1.165, 1.54) is 12.5 Å². The van der Waals surface area contributed by atoms with Crippen molar-refractivity contribution in [2.24, 2.45) is 0 Å². The van der Waals surface area contributed by atoms with E-state index >= 15 is 0 Å². The molecule has 22 heavy (non-hydrogen) atoms. The second kappa shape index (κ2) is 5.56. The van der Waals surface area contributed by atoms with Crippen molar-refractivity contribution in [1.29, 1.82) is 0 Å². The van der Waals surface area contributed by atoms with Gasteiger partial charge in [0.15, 0.2) is 5.78 Å². The van der Waals surface area contributed by atoms with Gasteiger partial charge in [0.05, 0.1) is 11.3 Å². The maximum atomic E-state index is 12.6. The van der Waals surface area contributed by atoms with E-state index in [4.69, 9.17) is 0 Å². The van der Waals surface area contributed by atoms with Crippen LogP contribution in [0.4, 0.5) is 0 Å². The topological polar surface area (TPSA) is 39.1 Å². The van der Waals surface area contributed by atoms with Gasteiger partial charge in [-0.3, -0.25) is 9.59 Å². The van der Waals surface area contributed by atoms with Gasteiger partial charge in [0.1, 0.15) is 0 Å². The van der Waals surface area contributed by atoms with Crippen LogP contribution in [0.5, 0.6) is 0 Å². The van der Waals surface area contributed by atoms with E-state index in [0.29, 0.717) is 5.92 Å². The minimum Gasteiger partial charge on any atom is -0.305 e. The van der Waals surface area contributed by atoms with Gasteiger partial charge in [-0.25, -0.2) is 0 Å². The summed E-state index contributed by atoms with van der Waals surface area (Å²) in [6, 6.07) is 12.2. The van der Waals surface area contributed by atoms with Crippen LogP contribution in [0.25, 0.3) is 11.3 Å². The lowest BCUT2D eigenvalue weighted by molar-refractivity contribution is 0.101. The maximum absolute atomic E-state index is 12.6. The molecule has 1 aromatic carbocycles. The van der Waals surface area contributed by atoms with Gasteiger partial charge in [0, 0.05) is 6.04 Å². The highest BCUT2D eigenvalue weighted by molar-refractivity contribution is 5.94. The van der Waals surface area contributed by atoms with Crippen LogP contribution in [0.3, 0.4) is 0 Å². The Labute approximate surface area is 130 Å². The highest BCUT2D eigenvalue weighted by Crippen LogP contribution is 2.37. The molecule has 0 atom stereocenters. The van der Waals surface area contributed by atoms with Crippen LogP contribution in [-0.4, -0.2) is 10.4 Å². The second-order valence-corrected chi connectivity index (χ2v) is 6.37. The molecule has 114 valence electrons. The Morgan fingerprint density at radius 2 is 1.73 bits per heavy atom. The van der Waals surface area contributed by atoms with Crippen molar-refractivity contribution in [3.05, 3.63) is 57.9 Å². The van der Waals surface area contributed by atoms with Crippen molar-refractivity contribution in [3.8, 4) is 11.3 Å². The van der Waals surface area contributed by atoms with Gasteiger partial charge in [-0.1, -0.05) is 38.1 Å². The van der Waals surface area contributed by atoms with Crippen LogP contribution in [-0.2, 0) is 0 Å². The molecule has 1 saturated carbocycles. The molecule has 3 rings (SSSR count). The number of carbonyl (C=O) groups is 1. The lowest BCUT2D eigenvalue weighted by Crippen LogP contribution is -2.26. The molecule has 1 aliphatic carbocycles. The Morgan fingerprint density at radius 3 is 2.23 bits per heavy atom. The first-order chi connectivity index (χ1) is 10.5. The van der Waals surface area contributed by atoms with Crippen LogP contribution in [0, 0.1) is 0 Å². The molecular formula is C19H21NO2. The van der Waals surface area contributed by atoms with Gasteiger partial charge < -0.3 is 4.57 Å². The number of pyridine rings is 1. The van der Waals surface area contributed by atoms with Crippen LogP contribution in [0.1, 0.15) is 61.5 Å². The van der Waals surface area contributed by atoms with Crippen molar-refractivity contribution in [2.45, 2.75) is 45.6 Å². The maximum Gasteiger partial charge on any atom is 0.262 e. The van der Waals surface area contributed by atoms with Crippen LogP contribution < -0.4 is 5.56 Å². The summed E-state index contributed by atoms with van der Waals surface area (Å²) in [5.74, 6) is 0.320. The van der Waals surface area contributed by atoms with E-state index in [2.05, 4.69) is 38.1 Å². The van der Waals surface area contributed by atoms with Crippen molar-refractivity contribution in [2.75, 3.05) is 0 Å². The minimum absolute atomic E-state index is 0.152. The van der Waals surface area contributed by atoms with E-state index in [1.54, 1.807) is 10.6 Å². The normalized spacial score (nSPS) is 14.4. The lowest BCUT2D eigenvalue weighted by atomic mass is 10.00. The summed E-state index contributed by atoms with van der Waals surface area (Å²) in [6.07, 6.45) is 2.02. The molecule has 0 amide bonds. The molecule has 0 aliphatic heterocycles. The molecular weight excluding hydrogens is 274 g/mol. The molecule has 1 aromatic heterocycles. The number of ketones is 1. The minimum atomic E-state index is -0.166. The second-order valence-electron chi connectivity index (χ2n) is 6.37. The van der Waals surface area contributed by atoms with Gasteiger partial charge in [0.2, 0.25) is 0 Å². The Bertz CT molecular complexity index is 765. The van der Waals surface area contributed by atoms with Gasteiger partial charge in [-0.15, -0.1) is 0 Å². The van der Waals surface area contributed by atoms with Gasteiger partial charge in [-0.2, -0.15) is 0 Å². The predicted octanol–water partition coefficient (Wildman–Crippen LogP) is 4.18. The first kappa shape index (κ1) is 14.8. The van der Waals surface area contributed by atoms with E-state index in [9.17, 15) is 9.59 Å². The Hall–Kier alpha value is -2.16. The number of carbonyl (C=O) groups excluding carboxylic acids is 1. The van der Waals surface area contributed by atoms with Crippen molar-refractivity contribution >= 4 is 5.78 Å². The SMILES string of the molecule is CC(=O)c1ccc(-c2ccc(C(C)C)cc2)n(C2CC2)c1=O. The fourth-order valence-corrected chi connectivity index (χ4v) is 2.79. The molecule has 3 nitrogen and oxygen atoms in total. The third-order valence-corrected chi connectivity index (χ3v) is 4.28. The number of hydrogen-bond donors (Lipinski definition) is 0. The number of hydrogen-bond acceptors (Lipinski definition) is 2. The van der Waals surface area contributed by atoms with Crippen molar-refractivity contribution < 1.29 is 4.79 Å². The molecule has 1 heterocycles. The molecule has 3 heteroatoms. The number of nitrogens with zero attached hydrogens (tertiary/aromatic N) is 1. The third-order valence-electron chi connectivity index (χ3n) is 4.28. The first-order valence-corrected chi connectivity index (χ1v) is 7.86. The molecule has 0 saturated heterocycles. The summed E-state index contributed by atoms with van der Waals surface area (Å²) in [4.78, 5) is 24.2. The number of benzene rings is 1. The Balaban J connectivity index is 2.12. The van der Waals surface area contributed by atoms with E-state index in [0.717, 1.165) is 24.1 Å². The largest absolute Gasteiger partial charge is 0.305 e. The zero-order chi connectivity index (χ0) is 15.9. The zero-order valence-electron chi connectivity index (χ0n) is 13.3. The van der Waals surface area contributed by atoms with Crippen molar-refractivity contribution in [1.82, 2.24) is 4.57 Å². The van der Waals surface area contributed by atoms with Crippen LogP contribution in [0.15, 0.2) is 41.2 Å². The average molecular weight is 295 g/mol. The van der Waals surface area contributed by atoms with E-state index in [1.807, 2.05) is 6.07 Å². The lowest BCUT2D eigenvalue weighted by Gasteiger charge is -2.14. The predicted molar refractivity (Wildman–Crippen MR) is 88.5 cm³/mol. The quantitative estimate of drug-likeness (QED) is 0.794. The monoisotopic (exact) mass is 295 g/mol. The first-order valence-electron chi connectivity index (χ1n) is 7.86. The molecule has 0 bridgehead atoms. The molecule has 0 radical (unpaired) electrons. The molecule has 1 aliphatic rings. The van der Waals surface area contributed by atoms with E-state index < -0.39 is 0 Å². The highest BCUT2D eigenvalue weighted by atomic mass is 16.1. The summed E-state index contributed by atoms with van der Waals surface area (Å²) in [7, 11) is 0. The standard InChI is InChI=1S/C19H21NO2/c1-12(2)14-4-6-15(7-5-14)18-11-10-17(13(3)21)19(22)20(18)16-8-9-16/h4-7,10-12,16H,8-9H2,1-3H3. The van der Waals surface area contributed by atoms with Crippen LogP contribution in [0.2, 0.25) is 0 Å². The Kier molecular flexibility index (Phi) is 3.73. The molecule has 2 aromatic rings. The van der Waals surface area contributed by atoms with Crippen LogP contribution >= 0.6 is 0 Å². The summed E-state index contributed by atoms with van der Waals surface area (Å²) in [5, 5.41) is 0.